The maximum atomic E-state index is 14.4. The van der Waals surface area contributed by atoms with Crippen LogP contribution in [0.25, 0.3) is 0 Å². The molecule has 1 N–H and O–H groups in total. The van der Waals surface area contributed by atoms with Crippen LogP contribution in [0.4, 0.5) is 10.1 Å². The number of hydrogen-bond donors (Lipinski definition) is 1. The molecule has 0 saturated heterocycles. The Morgan fingerprint density at radius 1 is 1.24 bits per heavy atom. The van der Waals surface area contributed by atoms with Gasteiger partial charge in [0.25, 0.3) is 0 Å². The van der Waals surface area contributed by atoms with Gasteiger partial charge < -0.3 is 10.2 Å². The molecule has 2 aliphatic carbocycles. The maximum absolute atomic E-state index is 14.4. The number of nitrogens with one attached hydrogen (secondary N) is 1. The number of rotatable bonds is 5. The minimum Gasteiger partial charge on any atom is -0.369 e. The lowest BCUT2D eigenvalue weighted by Crippen LogP contribution is -2.37. The Kier molecular flexibility index (Phi) is 4.48. The Labute approximate surface area is 127 Å². The molecule has 3 rings (SSSR count). The summed E-state index contributed by atoms with van der Waals surface area (Å²) in [6.07, 6.45) is 7.48. The van der Waals surface area contributed by atoms with Gasteiger partial charge in [-0.05, 0) is 43.2 Å². The first-order valence-corrected chi connectivity index (χ1v) is 8.38. The van der Waals surface area contributed by atoms with E-state index in [2.05, 4.69) is 30.3 Å². The van der Waals surface area contributed by atoms with Crippen LogP contribution >= 0.6 is 0 Å². The summed E-state index contributed by atoms with van der Waals surface area (Å²) in [6, 6.07) is 6.63. The molecular weight excluding hydrogens is 263 g/mol. The fourth-order valence-electron chi connectivity index (χ4n) is 3.58. The summed E-state index contributed by atoms with van der Waals surface area (Å²) in [7, 11) is 2.07. The third-order valence-electron chi connectivity index (χ3n) is 5.04. The van der Waals surface area contributed by atoms with Gasteiger partial charge in [-0.1, -0.05) is 31.9 Å². The Balaban J connectivity index is 1.77. The summed E-state index contributed by atoms with van der Waals surface area (Å²) < 4.78 is 14.4. The van der Waals surface area contributed by atoms with Crippen molar-refractivity contribution < 1.29 is 4.39 Å². The Bertz CT molecular complexity index is 484. The van der Waals surface area contributed by atoms with E-state index in [-0.39, 0.29) is 5.82 Å². The van der Waals surface area contributed by atoms with Crippen molar-refractivity contribution in [3.63, 3.8) is 0 Å². The molecule has 2 atom stereocenters. The van der Waals surface area contributed by atoms with Crippen LogP contribution in [0.5, 0.6) is 0 Å². The topological polar surface area (TPSA) is 15.3 Å². The van der Waals surface area contributed by atoms with Crippen molar-refractivity contribution in [2.45, 2.75) is 64.1 Å². The highest BCUT2D eigenvalue weighted by molar-refractivity contribution is 5.55. The Morgan fingerprint density at radius 3 is 2.76 bits per heavy atom. The molecular formula is C18H27FN2. The molecule has 0 bridgehead atoms. The van der Waals surface area contributed by atoms with Gasteiger partial charge in [-0.2, -0.15) is 0 Å². The van der Waals surface area contributed by atoms with Crippen molar-refractivity contribution in [2.24, 2.45) is 5.92 Å². The minimum atomic E-state index is -0.0779. The van der Waals surface area contributed by atoms with E-state index in [1.165, 1.54) is 38.5 Å². The quantitative estimate of drug-likeness (QED) is 0.878. The van der Waals surface area contributed by atoms with Crippen LogP contribution in [0.15, 0.2) is 18.2 Å². The van der Waals surface area contributed by atoms with Gasteiger partial charge in [0.1, 0.15) is 5.82 Å². The zero-order chi connectivity index (χ0) is 14.8. The summed E-state index contributed by atoms with van der Waals surface area (Å²) in [5.74, 6) is 0.678. The summed E-state index contributed by atoms with van der Waals surface area (Å²) >= 11 is 0. The van der Waals surface area contributed by atoms with Crippen LogP contribution in [0.3, 0.4) is 0 Å². The summed E-state index contributed by atoms with van der Waals surface area (Å²) in [5.41, 5.74) is 1.91. The highest BCUT2D eigenvalue weighted by Crippen LogP contribution is 2.33. The largest absolute Gasteiger partial charge is 0.369 e. The van der Waals surface area contributed by atoms with Gasteiger partial charge in [0.2, 0.25) is 0 Å². The smallest absolute Gasteiger partial charge is 0.146 e. The SMILES string of the molecule is CC1CCCC(N(C)c2c(F)cccc2CNC2CC2)C1. The third-order valence-corrected chi connectivity index (χ3v) is 5.04. The van der Waals surface area contributed by atoms with E-state index < -0.39 is 0 Å². The highest BCUT2D eigenvalue weighted by atomic mass is 19.1. The van der Waals surface area contributed by atoms with Crippen LogP contribution in [0, 0.1) is 11.7 Å². The molecule has 0 spiro atoms. The van der Waals surface area contributed by atoms with Crippen molar-refractivity contribution in [3.8, 4) is 0 Å². The fraction of sp³-hybridized carbons (Fsp3) is 0.667. The van der Waals surface area contributed by atoms with Gasteiger partial charge in [-0.25, -0.2) is 4.39 Å². The molecule has 0 aliphatic heterocycles. The molecule has 0 radical (unpaired) electrons. The fourth-order valence-corrected chi connectivity index (χ4v) is 3.58. The van der Waals surface area contributed by atoms with Gasteiger partial charge in [0.15, 0.2) is 0 Å². The third kappa shape index (κ3) is 3.57. The second-order valence-corrected chi connectivity index (χ2v) is 6.94. The average Bonchev–Trinajstić information content (AvgIpc) is 3.29. The molecule has 0 aromatic heterocycles. The summed E-state index contributed by atoms with van der Waals surface area (Å²) in [6.45, 7) is 3.10. The second kappa shape index (κ2) is 6.35. The van der Waals surface area contributed by atoms with Gasteiger partial charge in [0.05, 0.1) is 5.69 Å². The van der Waals surface area contributed by atoms with Crippen molar-refractivity contribution in [1.82, 2.24) is 5.32 Å². The highest BCUT2D eigenvalue weighted by Gasteiger charge is 2.26. The maximum Gasteiger partial charge on any atom is 0.146 e. The minimum absolute atomic E-state index is 0.0779. The van der Waals surface area contributed by atoms with Crippen LogP contribution in [-0.2, 0) is 6.54 Å². The van der Waals surface area contributed by atoms with Crippen LogP contribution in [0.2, 0.25) is 0 Å². The number of anilines is 1. The van der Waals surface area contributed by atoms with E-state index in [4.69, 9.17) is 0 Å². The Hall–Kier alpha value is -1.09. The van der Waals surface area contributed by atoms with Crippen LogP contribution in [0.1, 0.15) is 51.0 Å². The molecule has 2 nitrogen and oxygen atoms in total. The number of benzene rings is 1. The molecule has 0 heterocycles. The lowest BCUT2D eigenvalue weighted by Gasteiger charge is -2.36. The van der Waals surface area contributed by atoms with Gasteiger partial charge >= 0.3 is 0 Å². The van der Waals surface area contributed by atoms with Crippen LogP contribution in [-0.4, -0.2) is 19.1 Å². The second-order valence-electron chi connectivity index (χ2n) is 6.94. The Morgan fingerprint density at radius 2 is 2.05 bits per heavy atom. The molecule has 2 fully saturated rings. The zero-order valence-corrected chi connectivity index (χ0v) is 13.2. The standard InChI is InChI=1S/C18H27FN2/c1-13-5-3-7-16(11-13)21(2)18-14(6-4-8-17(18)19)12-20-15-9-10-15/h4,6,8,13,15-16,20H,3,5,7,9-12H2,1-2H3. The van der Waals surface area contributed by atoms with Gasteiger partial charge in [-0.15, -0.1) is 0 Å². The first-order chi connectivity index (χ1) is 10.1. The predicted octanol–water partition coefficient (Wildman–Crippen LogP) is 4.09. The van der Waals surface area contributed by atoms with E-state index >= 15 is 0 Å². The molecule has 116 valence electrons. The summed E-state index contributed by atoms with van der Waals surface area (Å²) in [4.78, 5) is 2.20. The van der Waals surface area contributed by atoms with E-state index in [1.54, 1.807) is 6.07 Å². The zero-order valence-electron chi connectivity index (χ0n) is 13.2. The van der Waals surface area contributed by atoms with E-state index in [1.807, 2.05) is 6.07 Å². The molecule has 0 amide bonds. The van der Waals surface area contributed by atoms with Crippen molar-refractivity contribution in [2.75, 3.05) is 11.9 Å². The molecule has 3 heteroatoms. The molecule has 1 aromatic rings. The normalized spacial score (nSPS) is 25.9. The number of nitrogens with zero attached hydrogens (tertiary/aromatic N) is 1. The van der Waals surface area contributed by atoms with Crippen molar-refractivity contribution in [1.29, 1.82) is 0 Å². The first kappa shape index (κ1) is 14.8. The van der Waals surface area contributed by atoms with Gasteiger partial charge in [-0.3, -0.25) is 0 Å². The number of hydrogen-bond acceptors (Lipinski definition) is 2. The van der Waals surface area contributed by atoms with Crippen molar-refractivity contribution in [3.05, 3.63) is 29.6 Å². The number of halogens is 1. The average molecular weight is 290 g/mol. The number of para-hydroxylation sites is 1. The van der Waals surface area contributed by atoms with E-state index in [0.29, 0.717) is 12.1 Å². The lowest BCUT2D eigenvalue weighted by atomic mass is 9.86. The van der Waals surface area contributed by atoms with Crippen LogP contribution < -0.4 is 10.2 Å². The molecule has 2 unspecified atom stereocenters. The van der Waals surface area contributed by atoms with Gasteiger partial charge in [0, 0.05) is 25.7 Å². The monoisotopic (exact) mass is 290 g/mol. The van der Waals surface area contributed by atoms with E-state index in [0.717, 1.165) is 23.7 Å². The summed E-state index contributed by atoms with van der Waals surface area (Å²) in [5, 5.41) is 3.51. The molecule has 2 aliphatic rings. The van der Waals surface area contributed by atoms with Crippen molar-refractivity contribution >= 4 is 5.69 Å². The predicted molar refractivity (Wildman–Crippen MR) is 86.1 cm³/mol. The molecule has 21 heavy (non-hydrogen) atoms. The first-order valence-electron chi connectivity index (χ1n) is 8.38. The van der Waals surface area contributed by atoms with E-state index in [9.17, 15) is 4.39 Å². The lowest BCUT2D eigenvalue weighted by molar-refractivity contribution is 0.335. The molecule has 2 saturated carbocycles. The molecule has 1 aromatic carbocycles.